The molecule has 0 heterocycles. The van der Waals surface area contributed by atoms with Crippen LogP contribution in [0.3, 0.4) is 0 Å². The van der Waals surface area contributed by atoms with Crippen molar-refractivity contribution in [1.82, 2.24) is 5.32 Å². The first-order valence-corrected chi connectivity index (χ1v) is 9.01. The van der Waals surface area contributed by atoms with Gasteiger partial charge in [-0.05, 0) is 51.2 Å². The quantitative estimate of drug-likeness (QED) is 0.633. The highest BCUT2D eigenvalue weighted by atomic mass is 32.2. The van der Waals surface area contributed by atoms with Crippen molar-refractivity contribution in [3.8, 4) is 6.07 Å². The number of rotatable bonds is 6. The fourth-order valence-electron chi connectivity index (χ4n) is 2.83. The summed E-state index contributed by atoms with van der Waals surface area (Å²) in [5, 5.41) is 11.9. The molecule has 1 aliphatic carbocycles. The van der Waals surface area contributed by atoms with Crippen LogP contribution in [0.5, 0.6) is 0 Å². The van der Waals surface area contributed by atoms with Crippen LogP contribution in [0.2, 0.25) is 0 Å². The zero-order chi connectivity index (χ0) is 17.6. The molecule has 0 aliphatic heterocycles. The van der Waals surface area contributed by atoms with Gasteiger partial charge in [0.05, 0.1) is 11.8 Å². The molecule has 0 atom stereocenters. The fourth-order valence-corrected chi connectivity index (χ4v) is 3.64. The normalized spacial score (nSPS) is 15.5. The second-order valence-corrected chi connectivity index (χ2v) is 7.18. The van der Waals surface area contributed by atoms with Gasteiger partial charge in [-0.25, -0.2) is 0 Å². The summed E-state index contributed by atoms with van der Waals surface area (Å²) in [6.07, 6.45) is 3.18. The Labute approximate surface area is 146 Å². The van der Waals surface area contributed by atoms with Crippen molar-refractivity contribution in [2.75, 3.05) is 12.4 Å². The highest BCUT2D eigenvalue weighted by Gasteiger charge is 2.35. The second kappa shape index (κ2) is 8.20. The average Bonchev–Trinajstić information content (AvgIpc) is 3.01. The number of carbonyl (C=O) groups excluding carboxylic acids is 2. The summed E-state index contributed by atoms with van der Waals surface area (Å²) >= 11 is 1.39. The Balaban J connectivity index is 1.74. The van der Waals surface area contributed by atoms with Crippen LogP contribution in [0.1, 0.15) is 36.8 Å². The molecule has 1 N–H and O–H groups in total. The molecule has 0 bridgehead atoms. The number of benzene rings is 1. The first-order valence-electron chi connectivity index (χ1n) is 8.02. The second-order valence-electron chi connectivity index (χ2n) is 6.17. The van der Waals surface area contributed by atoms with E-state index in [2.05, 4.69) is 17.5 Å². The van der Waals surface area contributed by atoms with E-state index in [9.17, 15) is 14.9 Å². The summed E-state index contributed by atoms with van der Waals surface area (Å²) in [6.45, 7) is 3.68. The number of carbonyl (C=O) groups is 2. The van der Waals surface area contributed by atoms with Crippen LogP contribution in [-0.4, -0.2) is 29.8 Å². The van der Waals surface area contributed by atoms with Crippen molar-refractivity contribution in [2.45, 2.75) is 50.0 Å². The van der Waals surface area contributed by atoms with E-state index in [4.69, 9.17) is 4.74 Å². The molecule has 128 valence electrons. The number of thioether (sulfide) groups is 1. The van der Waals surface area contributed by atoms with Gasteiger partial charge >= 0.3 is 5.97 Å². The van der Waals surface area contributed by atoms with Crippen LogP contribution in [-0.2, 0) is 14.3 Å². The Bertz CT molecular complexity index is 661. The SMILES string of the molecule is Cc1ccc(SCC(=O)OCC(=O)NC2(C#N)CCCC2)c(C)c1. The number of esters is 1. The van der Waals surface area contributed by atoms with Gasteiger partial charge in [0.25, 0.3) is 5.91 Å². The Kier molecular flexibility index (Phi) is 6.27. The Hall–Kier alpha value is -2.00. The molecule has 1 saturated carbocycles. The number of aryl methyl sites for hydroxylation is 2. The number of nitriles is 1. The molecule has 1 fully saturated rings. The number of ether oxygens (including phenoxy) is 1. The molecule has 1 aliphatic rings. The summed E-state index contributed by atoms with van der Waals surface area (Å²) in [6, 6.07) is 8.21. The molecule has 0 unspecified atom stereocenters. The van der Waals surface area contributed by atoms with Gasteiger partial charge in [0.2, 0.25) is 0 Å². The molecule has 1 aromatic rings. The van der Waals surface area contributed by atoms with Crippen molar-refractivity contribution in [1.29, 1.82) is 5.26 Å². The van der Waals surface area contributed by atoms with Crippen molar-refractivity contribution < 1.29 is 14.3 Å². The number of nitrogens with zero attached hydrogens (tertiary/aromatic N) is 1. The molecule has 0 aromatic heterocycles. The third-order valence-electron chi connectivity index (χ3n) is 4.09. The van der Waals surface area contributed by atoms with Crippen molar-refractivity contribution in [3.05, 3.63) is 29.3 Å². The molecule has 0 radical (unpaired) electrons. The molecule has 6 heteroatoms. The standard InChI is InChI=1S/C18H22N2O3S/c1-13-5-6-15(14(2)9-13)24-11-17(22)23-10-16(21)20-18(12-19)7-3-4-8-18/h5-6,9H,3-4,7-8,10-11H2,1-2H3,(H,20,21). The molecule has 0 spiro atoms. The molecule has 24 heavy (non-hydrogen) atoms. The van der Waals surface area contributed by atoms with Gasteiger partial charge in [0.15, 0.2) is 6.61 Å². The lowest BCUT2D eigenvalue weighted by atomic mass is 10.00. The largest absolute Gasteiger partial charge is 0.455 e. The van der Waals surface area contributed by atoms with Gasteiger partial charge in [-0.3, -0.25) is 9.59 Å². The molecule has 2 rings (SSSR count). The topological polar surface area (TPSA) is 79.2 Å². The van der Waals surface area contributed by atoms with E-state index < -0.39 is 17.4 Å². The molecule has 5 nitrogen and oxygen atoms in total. The van der Waals surface area contributed by atoms with Gasteiger partial charge in [-0.1, -0.05) is 17.7 Å². The number of hydrogen-bond acceptors (Lipinski definition) is 5. The van der Waals surface area contributed by atoms with Gasteiger partial charge in [0, 0.05) is 4.90 Å². The van der Waals surface area contributed by atoms with Gasteiger partial charge in [-0.15, -0.1) is 11.8 Å². The summed E-state index contributed by atoms with van der Waals surface area (Å²) in [4.78, 5) is 24.7. The maximum Gasteiger partial charge on any atom is 0.316 e. The van der Waals surface area contributed by atoms with E-state index >= 15 is 0 Å². The summed E-state index contributed by atoms with van der Waals surface area (Å²) in [5.41, 5.74) is 1.51. The third kappa shape index (κ3) is 5.00. The van der Waals surface area contributed by atoms with Crippen LogP contribution in [0.4, 0.5) is 0 Å². The van der Waals surface area contributed by atoms with Crippen molar-refractivity contribution in [3.63, 3.8) is 0 Å². The highest BCUT2D eigenvalue weighted by Crippen LogP contribution is 2.28. The van der Waals surface area contributed by atoms with Crippen LogP contribution in [0.25, 0.3) is 0 Å². The zero-order valence-corrected chi connectivity index (χ0v) is 14.9. The maximum atomic E-state index is 11.9. The Morgan fingerprint density at radius 2 is 2.04 bits per heavy atom. The number of amides is 1. The summed E-state index contributed by atoms with van der Waals surface area (Å²) in [7, 11) is 0. The summed E-state index contributed by atoms with van der Waals surface area (Å²) < 4.78 is 5.01. The van der Waals surface area contributed by atoms with Crippen LogP contribution in [0, 0.1) is 25.2 Å². The van der Waals surface area contributed by atoms with Gasteiger partial charge < -0.3 is 10.1 Å². The lowest BCUT2D eigenvalue weighted by Crippen LogP contribution is -2.46. The zero-order valence-electron chi connectivity index (χ0n) is 14.1. The lowest BCUT2D eigenvalue weighted by Gasteiger charge is -2.21. The van der Waals surface area contributed by atoms with E-state index in [-0.39, 0.29) is 12.4 Å². The molecule has 1 aromatic carbocycles. The molecule has 1 amide bonds. The average molecular weight is 346 g/mol. The predicted octanol–water partition coefficient (Wildman–Crippen LogP) is 2.89. The minimum atomic E-state index is -0.781. The van der Waals surface area contributed by atoms with Crippen molar-refractivity contribution in [2.24, 2.45) is 0 Å². The van der Waals surface area contributed by atoms with Crippen LogP contribution >= 0.6 is 11.8 Å². The molecular weight excluding hydrogens is 324 g/mol. The van der Waals surface area contributed by atoms with E-state index in [0.717, 1.165) is 23.3 Å². The third-order valence-corrected chi connectivity index (χ3v) is 5.24. The van der Waals surface area contributed by atoms with E-state index in [1.807, 2.05) is 26.0 Å². The molecule has 0 saturated heterocycles. The molecular formula is C18H22N2O3S. The predicted molar refractivity (Wildman–Crippen MR) is 92.6 cm³/mol. The van der Waals surface area contributed by atoms with Crippen LogP contribution in [0.15, 0.2) is 23.1 Å². The van der Waals surface area contributed by atoms with E-state index in [0.29, 0.717) is 12.8 Å². The maximum absolute atomic E-state index is 11.9. The first-order chi connectivity index (χ1) is 11.4. The van der Waals surface area contributed by atoms with E-state index in [1.165, 1.54) is 17.3 Å². The Morgan fingerprint density at radius 1 is 1.33 bits per heavy atom. The monoisotopic (exact) mass is 346 g/mol. The number of hydrogen-bond donors (Lipinski definition) is 1. The first kappa shape index (κ1) is 18.3. The van der Waals surface area contributed by atoms with E-state index in [1.54, 1.807) is 0 Å². The minimum absolute atomic E-state index is 0.153. The van der Waals surface area contributed by atoms with Crippen molar-refractivity contribution >= 4 is 23.6 Å². The number of nitrogens with one attached hydrogen (secondary N) is 1. The summed E-state index contributed by atoms with van der Waals surface area (Å²) in [5.74, 6) is -0.698. The Morgan fingerprint density at radius 3 is 2.67 bits per heavy atom. The van der Waals surface area contributed by atoms with Crippen LogP contribution < -0.4 is 5.32 Å². The lowest BCUT2D eigenvalue weighted by molar-refractivity contribution is -0.146. The smallest absolute Gasteiger partial charge is 0.316 e. The van der Waals surface area contributed by atoms with Gasteiger partial charge in [0.1, 0.15) is 5.54 Å². The fraction of sp³-hybridized carbons (Fsp3) is 0.500. The highest BCUT2D eigenvalue weighted by molar-refractivity contribution is 8.00. The minimum Gasteiger partial charge on any atom is -0.455 e. The van der Waals surface area contributed by atoms with Gasteiger partial charge in [-0.2, -0.15) is 5.26 Å².